The molecule has 0 radical (unpaired) electrons. The first-order chi connectivity index (χ1) is 9.18. The summed E-state index contributed by atoms with van der Waals surface area (Å²) in [6.07, 6.45) is 1.50. The second-order valence-electron chi connectivity index (χ2n) is 6.14. The second kappa shape index (κ2) is 8.92. The topological polar surface area (TPSA) is 102 Å². The Morgan fingerprint density at radius 2 is 1.90 bits per heavy atom. The molecule has 0 saturated heterocycles. The van der Waals surface area contributed by atoms with E-state index in [0.29, 0.717) is 13.0 Å². The lowest BCUT2D eigenvalue weighted by Gasteiger charge is -2.30. The smallest absolute Gasteiger partial charge is 0.303 e. The number of rotatable bonds is 9. The molecule has 0 aliphatic rings. The summed E-state index contributed by atoms with van der Waals surface area (Å²) in [6, 6.07) is -0.660. The van der Waals surface area contributed by atoms with E-state index in [1.807, 2.05) is 0 Å². The van der Waals surface area contributed by atoms with Crippen LogP contribution in [0.2, 0.25) is 0 Å². The molecule has 0 bridgehead atoms. The molecule has 0 aromatic rings. The Hall–Kier alpha value is -1.14. The van der Waals surface area contributed by atoms with Crippen LogP contribution >= 0.6 is 0 Å². The van der Waals surface area contributed by atoms with Crippen molar-refractivity contribution >= 4 is 11.9 Å². The fourth-order valence-electron chi connectivity index (χ4n) is 2.06. The number of nitrogens with one attached hydrogen (secondary N) is 1. The summed E-state index contributed by atoms with van der Waals surface area (Å²) in [7, 11) is 1.49. The standard InChI is InChI=1S/C14H28N2O4/c1-14(2,3)10(5-6-12(17)18)7-8-16-13(19)11(15)9-20-4/h10-11H,5-9,15H2,1-4H3,(H,16,19)(H,17,18). The van der Waals surface area contributed by atoms with Crippen molar-refractivity contribution in [3.8, 4) is 0 Å². The van der Waals surface area contributed by atoms with Crippen molar-refractivity contribution in [2.75, 3.05) is 20.3 Å². The molecule has 118 valence electrons. The van der Waals surface area contributed by atoms with Gasteiger partial charge < -0.3 is 20.9 Å². The lowest BCUT2D eigenvalue weighted by atomic mass is 9.76. The molecular formula is C14H28N2O4. The van der Waals surface area contributed by atoms with Crippen LogP contribution in [0.3, 0.4) is 0 Å². The first kappa shape index (κ1) is 18.9. The molecule has 0 fully saturated rings. The number of carbonyl (C=O) groups is 2. The number of aliphatic carboxylic acids is 1. The molecule has 0 aliphatic carbocycles. The zero-order valence-electron chi connectivity index (χ0n) is 12.9. The third-order valence-electron chi connectivity index (χ3n) is 3.41. The van der Waals surface area contributed by atoms with Gasteiger partial charge in [0, 0.05) is 20.1 Å². The summed E-state index contributed by atoms with van der Waals surface area (Å²) in [6.45, 7) is 6.93. The maximum Gasteiger partial charge on any atom is 0.303 e. The number of carboxylic acids is 1. The molecule has 0 rings (SSSR count). The molecule has 0 heterocycles. The number of hydrogen-bond acceptors (Lipinski definition) is 4. The SMILES string of the molecule is COCC(N)C(=O)NCCC(CCC(=O)O)C(C)(C)C. The Bertz CT molecular complexity index is 313. The largest absolute Gasteiger partial charge is 0.481 e. The summed E-state index contributed by atoms with van der Waals surface area (Å²) in [4.78, 5) is 22.3. The Kier molecular flexibility index (Phi) is 8.41. The van der Waals surface area contributed by atoms with Crippen molar-refractivity contribution in [1.82, 2.24) is 5.32 Å². The monoisotopic (exact) mass is 288 g/mol. The molecule has 6 heteroatoms. The van der Waals surface area contributed by atoms with E-state index in [9.17, 15) is 9.59 Å². The van der Waals surface area contributed by atoms with Gasteiger partial charge in [-0.2, -0.15) is 0 Å². The highest BCUT2D eigenvalue weighted by Crippen LogP contribution is 2.32. The molecule has 0 aromatic heterocycles. The van der Waals surface area contributed by atoms with Gasteiger partial charge in [-0.3, -0.25) is 9.59 Å². The minimum atomic E-state index is -0.787. The zero-order chi connectivity index (χ0) is 15.8. The van der Waals surface area contributed by atoms with Gasteiger partial charge in [-0.1, -0.05) is 20.8 Å². The number of nitrogens with two attached hydrogens (primary N) is 1. The van der Waals surface area contributed by atoms with Crippen LogP contribution in [0, 0.1) is 11.3 Å². The number of amides is 1. The normalized spacial score (nSPS) is 14.7. The van der Waals surface area contributed by atoms with E-state index in [0.717, 1.165) is 6.42 Å². The Balaban J connectivity index is 4.20. The number of carboxylic acid groups (broad SMARTS) is 1. The third kappa shape index (κ3) is 8.12. The maximum absolute atomic E-state index is 11.6. The molecule has 4 N–H and O–H groups in total. The lowest BCUT2D eigenvalue weighted by molar-refractivity contribution is -0.137. The molecule has 2 unspecified atom stereocenters. The fourth-order valence-corrected chi connectivity index (χ4v) is 2.06. The van der Waals surface area contributed by atoms with Crippen LogP contribution in [0.5, 0.6) is 0 Å². The van der Waals surface area contributed by atoms with Gasteiger partial charge in [0.2, 0.25) is 5.91 Å². The minimum Gasteiger partial charge on any atom is -0.481 e. The van der Waals surface area contributed by atoms with Crippen LogP contribution < -0.4 is 11.1 Å². The number of methoxy groups -OCH3 is 1. The molecule has 2 atom stereocenters. The van der Waals surface area contributed by atoms with E-state index in [2.05, 4.69) is 26.1 Å². The van der Waals surface area contributed by atoms with Crippen LogP contribution in [0.25, 0.3) is 0 Å². The quantitative estimate of drug-likeness (QED) is 0.587. The third-order valence-corrected chi connectivity index (χ3v) is 3.41. The molecule has 0 saturated carbocycles. The van der Waals surface area contributed by atoms with Gasteiger partial charge in [-0.15, -0.1) is 0 Å². The molecule has 20 heavy (non-hydrogen) atoms. The summed E-state index contributed by atoms with van der Waals surface area (Å²) in [5.41, 5.74) is 5.62. The highest BCUT2D eigenvalue weighted by molar-refractivity contribution is 5.81. The lowest BCUT2D eigenvalue weighted by Crippen LogP contribution is -2.44. The van der Waals surface area contributed by atoms with Crippen molar-refractivity contribution in [3.05, 3.63) is 0 Å². The second-order valence-corrected chi connectivity index (χ2v) is 6.14. The Labute approximate surface area is 121 Å². The predicted octanol–water partition coefficient (Wildman–Crippen LogP) is 0.994. The van der Waals surface area contributed by atoms with E-state index in [-0.39, 0.29) is 30.3 Å². The van der Waals surface area contributed by atoms with Crippen molar-refractivity contribution in [1.29, 1.82) is 0 Å². The van der Waals surface area contributed by atoms with E-state index < -0.39 is 12.0 Å². The maximum atomic E-state index is 11.6. The average molecular weight is 288 g/mol. The minimum absolute atomic E-state index is 0.00875. The van der Waals surface area contributed by atoms with Gasteiger partial charge in [0.1, 0.15) is 6.04 Å². The summed E-state index contributed by atoms with van der Waals surface area (Å²) in [5, 5.41) is 11.5. The highest BCUT2D eigenvalue weighted by atomic mass is 16.5. The number of carbonyl (C=O) groups excluding carboxylic acids is 1. The van der Waals surface area contributed by atoms with Crippen LogP contribution in [0.4, 0.5) is 0 Å². The molecule has 1 amide bonds. The zero-order valence-corrected chi connectivity index (χ0v) is 12.9. The van der Waals surface area contributed by atoms with Gasteiger partial charge >= 0.3 is 5.97 Å². The average Bonchev–Trinajstić information content (AvgIpc) is 2.31. The molecule has 6 nitrogen and oxygen atoms in total. The van der Waals surface area contributed by atoms with E-state index in [1.165, 1.54) is 7.11 Å². The van der Waals surface area contributed by atoms with Crippen LogP contribution in [-0.4, -0.2) is 43.3 Å². The summed E-state index contributed by atoms with van der Waals surface area (Å²) in [5.74, 6) is -0.791. The van der Waals surface area contributed by atoms with Gasteiger partial charge in [0.05, 0.1) is 6.61 Å². The first-order valence-corrected chi connectivity index (χ1v) is 6.92. The molecular weight excluding hydrogens is 260 g/mol. The van der Waals surface area contributed by atoms with Crippen molar-refractivity contribution in [2.24, 2.45) is 17.1 Å². The van der Waals surface area contributed by atoms with E-state index >= 15 is 0 Å². The van der Waals surface area contributed by atoms with Crippen molar-refractivity contribution < 1.29 is 19.4 Å². The van der Waals surface area contributed by atoms with E-state index in [4.69, 9.17) is 15.6 Å². The van der Waals surface area contributed by atoms with E-state index in [1.54, 1.807) is 0 Å². The Morgan fingerprint density at radius 3 is 2.35 bits per heavy atom. The highest BCUT2D eigenvalue weighted by Gasteiger charge is 2.25. The predicted molar refractivity (Wildman–Crippen MR) is 77.3 cm³/mol. The van der Waals surface area contributed by atoms with Gasteiger partial charge in [0.25, 0.3) is 0 Å². The van der Waals surface area contributed by atoms with Gasteiger partial charge in [-0.25, -0.2) is 0 Å². The van der Waals surface area contributed by atoms with Crippen molar-refractivity contribution in [3.63, 3.8) is 0 Å². The number of hydrogen-bond donors (Lipinski definition) is 3. The fraction of sp³-hybridized carbons (Fsp3) is 0.857. The van der Waals surface area contributed by atoms with Gasteiger partial charge in [-0.05, 0) is 24.2 Å². The summed E-state index contributed by atoms with van der Waals surface area (Å²) >= 11 is 0. The Morgan fingerprint density at radius 1 is 1.30 bits per heavy atom. The van der Waals surface area contributed by atoms with Gasteiger partial charge in [0.15, 0.2) is 0 Å². The molecule has 0 aliphatic heterocycles. The molecule has 0 aromatic carbocycles. The van der Waals surface area contributed by atoms with Crippen LogP contribution in [0.15, 0.2) is 0 Å². The van der Waals surface area contributed by atoms with Crippen molar-refractivity contribution in [2.45, 2.75) is 46.1 Å². The summed E-state index contributed by atoms with van der Waals surface area (Å²) < 4.78 is 4.82. The number of ether oxygens (including phenoxy) is 1. The van der Waals surface area contributed by atoms with Crippen LogP contribution in [-0.2, 0) is 14.3 Å². The first-order valence-electron chi connectivity index (χ1n) is 6.92. The molecule has 0 spiro atoms. The van der Waals surface area contributed by atoms with Crippen LogP contribution in [0.1, 0.15) is 40.0 Å².